The van der Waals surface area contributed by atoms with Crippen LogP contribution in [0.5, 0.6) is 0 Å². The van der Waals surface area contributed by atoms with Gasteiger partial charge in [-0.05, 0) is 140 Å². The Balaban J connectivity index is 1.22. The van der Waals surface area contributed by atoms with Gasteiger partial charge in [0.15, 0.2) is 0 Å². The predicted molar refractivity (Wildman–Crippen MR) is 234 cm³/mol. The molecule has 5 aliphatic carbocycles. The molecule has 1 aromatic carbocycles. The van der Waals surface area contributed by atoms with E-state index in [0.717, 1.165) is 42.4 Å². The molecule has 1 nitrogen and oxygen atoms in total. The second-order valence-electron chi connectivity index (χ2n) is 21.2. The molecule has 1 N–H and O–H groups in total. The zero-order valence-electron chi connectivity index (χ0n) is 37.0. The molecular weight excluding hydrogens is 653 g/mol. The van der Waals surface area contributed by atoms with E-state index in [0.29, 0.717) is 17.3 Å². The van der Waals surface area contributed by atoms with Crippen molar-refractivity contribution < 1.29 is 5.11 Å². The van der Waals surface area contributed by atoms with E-state index in [1.165, 1.54) is 166 Å². The largest absolute Gasteiger partial charge is 0.393 e. The van der Waals surface area contributed by atoms with Crippen LogP contribution < -0.4 is 0 Å². The van der Waals surface area contributed by atoms with Gasteiger partial charge in [0.1, 0.15) is 0 Å². The van der Waals surface area contributed by atoms with Crippen molar-refractivity contribution in [1.82, 2.24) is 0 Å². The lowest BCUT2D eigenvalue weighted by Crippen LogP contribution is -2.52. The summed E-state index contributed by atoms with van der Waals surface area (Å²) in [5, 5.41) is 10.7. The van der Waals surface area contributed by atoms with Gasteiger partial charge in [0, 0.05) is 0 Å². The molecule has 0 heterocycles. The third-order valence-corrected chi connectivity index (χ3v) is 18.1. The third kappa shape index (κ3) is 8.54. The summed E-state index contributed by atoms with van der Waals surface area (Å²) >= 11 is 0. The number of aliphatic hydroxyl groups is 1. The van der Waals surface area contributed by atoms with Gasteiger partial charge in [-0.25, -0.2) is 0 Å². The van der Waals surface area contributed by atoms with Crippen LogP contribution in [-0.2, 0) is 10.8 Å². The van der Waals surface area contributed by atoms with Crippen LogP contribution in [0, 0.1) is 53.8 Å². The van der Waals surface area contributed by atoms with Crippen LogP contribution in [-0.4, -0.2) is 11.2 Å². The van der Waals surface area contributed by atoms with Gasteiger partial charge in [0.05, 0.1) is 6.10 Å². The van der Waals surface area contributed by atoms with Gasteiger partial charge in [-0.1, -0.05) is 186 Å². The Morgan fingerprint density at radius 3 is 1.93 bits per heavy atom. The van der Waals surface area contributed by atoms with Crippen LogP contribution in [0.25, 0.3) is 0 Å². The van der Waals surface area contributed by atoms with E-state index in [4.69, 9.17) is 0 Å². The zero-order chi connectivity index (χ0) is 38.3. The molecule has 0 saturated heterocycles. The quantitative estimate of drug-likeness (QED) is 0.111. The summed E-state index contributed by atoms with van der Waals surface area (Å²) in [5.74, 6) is 5.18. The van der Waals surface area contributed by atoms with E-state index < -0.39 is 0 Å². The smallest absolute Gasteiger partial charge is 0.0540 e. The lowest BCUT2D eigenvalue weighted by atomic mass is 9.47. The van der Waals surface area contributed by atoms with Crippen molar-refractivity contribution in [3.05, 3.63) is 46.5 Å². The molecule has 3 saturated carbocycles. The highest BCUT2D eigenvalue weighted by atomic mass is 16.3. The Hall–Kier alpha value is -1.08. The summed E-state index contributed by atoms with van der Waals surface area (Å²) in [7, 11) is 0. The molecule has 3 fully saturated rings. The Labute approximate surface area is 336 Å². The van der Waals surface area contributed by atoms with Gasteiger partial charge in [-0.15, -0.1) is 0 Å². The van der Waals surface area contributed by atoms with Gasteiger partial charge in [-0.3, -0.25) is 0 Å². The SMILES string of the molecule is CCCCCCCCCCCCCCCCC1CC2=CCCC(C3(C4CCC(O)CC4)CCCCC3)C2C1C1(C)c2cc(C)ccc2C(C)(C(C)C)C1C. The van der Waals surface area contributed by atoms with E-state index in [9.17, 15) is 5.11 Å². The summed E-state index contributed by atoms with van der Waals surface area (Å²) in [5.41, 5.74) is 7.68. The van der Waals surface area contributed by atoms with Crippen LogP contribution >= 0.6 is 0 Å². The van der Waals surface area contributed by atoms with Crippen molar-refractivity contribution in [2.24, 2.45) is 46.8 Å². The first kappa shape index (κ1) is 42.5. The molecule has 0 bridgehead atoms. The topological polar surface area (TPSA) is 20.2 Å². The zero-order valence-corrected chi connectivity index (χ0v) is 37.0. The fraction of sp³-hybridized carbons (Fsp3) is 0.849. The molecule has 6 rings (SSSR count). The molecule has 54 heavy (non-hydrogen) atoms. The molecule has 306 valence electrons. The minimum Gasteiger partial charge on any atom is -0.393 e. The summed E-state index contributed by atoms with van der Waals surface area (Å²) in [4.78, 5) is 0. The Morgan fingerprint density at radius 1 is 0.741 bits per heavy atom. The summed E-state index contributed by atoms with van der Waals surface area (Å²) < 4.78 is 0. The van der Waals surface area contributed by atoms with Crippen molar-refractivity contribution in [1.29, 1.82) is 0 Å². The van der Waals surface area contributed by atoms with Crippen LogP contribution in [0.15, 0.2) is 29.8 Å². The molecule has 1 aromatic rings. The second-order valence-corrected chi connectivity index (χ2v) is 21.2. The normalized spacial score (nSPS) is 34.9. The first-order chi connectivity index (χ1) is 26.1. The van der Waals surface area contributed by atoms with Crippen molar-refractivity contribution >= 4 is 0 Å². The fourth-order valence-electron chi connectivity index (χ4n) is 14.7. The molecule has 0 aromatic heterocycles. The number of fused-ring (bicyclic) bond motifs is 2. The maximum Gasteiger partial charge on any atom is 0.0540 e. The summed E-state index contributed by atoms with van der Waals surface area (Å²) in [6.45, 7) is 17.9. The average Bonchev–Trinajstić information content (AvgIpc) is 3.63. The van der Waals surface area contributed by atoms with Crippen LogP contribution in [0.3, 0.4) is 0 Å². The number of hydrogen-bond acceptors (Lipinski definition) is 1. The lowest BCUT2D eigenvalue weighted by Gasteiger charge is -2.57. The number of aryl methyl sites for hydroxylation is 1. The minimum atomic E-state index is -0.0517. The first-order valence-corrected chi connectivity index (χ1v) is 24.6. The van der Waals surface area contributed by atoms with Crippen LogP contribution in [0.2, 0.25) is 0 Å². The highest BCUT2D eigenvalue weighted by Gasteiger charge is 2.64. The van der Waals surface area contributed by atoms with E-state index in [1.807, 2.05) is 5.57 Å². The number of allylic oxidation sites excluding steroid dienone is 2. The fourth-order valence-corrected chi connectivity index (χ4v) is 14.7. The lowest BCUT2D eigenvalue weighted by molar-refractivity contribution is -0.0599. The molecule has 5 aliphatic rings. The van der Waals surface area contributed by atoms with Gasteiger partial charge in [-0.2, -0.15) is 0 Å². The number of benzene rings is 1. The second kappa shape index (κ2) is 19.1. The van der Waals surface area contributed by atoms with Gasteiger partial charge < -0.3 is 5.11 Å². The van der Waals surface area contributed by atoms with E-state index >= 15 is 0 Å². The maximum atomic E-state index is 10.7. The van der Waals surface area contributed by atoms with Crippen molar-refractivity contribution in [2.45, 2.75) is 239 Å². The highest BCUT2D eigenvalue weighted by molar-refractivity contribution is 5.51. The van der Waals surface area contributed by atoms with Gasteiger partial charge in [0.2, 0.25) is 0 Å². The van der Waals surface area contributed by atoms with Gasteiger partial charge in [0.25, 0.3) is 0 Å². The standard InChI is InChI=1S/C53H88O/c1-8-9-10-11-12-13-14-15-16-17-18-19-20-22-26-43-38-42-27-25-28-47(53(35-23-21-24-36-53)44-30-32-45(54)33-31-44)49(42)50(43)52(7)41(5)51(6,39(2)3)46-34-29-40(4)37-48(46)52/h27,29,34,37,39,41,43-45,47,49-50,54H,8-26,28,30-33,35-36,38H2,1-7H3. The maximum absolute atomic E-state index is 10.7. The molecule has 0 aliphatic heterocycles. The van der Waals surface area contributed by atoms with Crippen LogP contribution in [0.1, 0.15) is 232 Å². The minimum absolute atomic E-state index is 0.0517. The number of rotatable bonds is 19. The Bertz CT molecular complexity index is 1320. The van der Waals surface area contributed by atoms with E-state index in [2.05, 4.69) is 72.7 Å². The van der Waals surface area contributed by atoms with Crippen molar-refractivity contribution in [3.8, 4) is 0 Å². The number of unbranched alkanes of at least 4 members (excludes halogenated alkanes) is 13. The van der Waals surface area contributed by atoms with Crippen LogP contribution in [0.4, 0.5) is 0 Å². The number of aliphatic hydroxyl groups excluding tert-OH is 1. The molecule has 7 unspecified atom stereocenters. The van der Waals surface area contributed by atoms with E-state index in [1.54, 1.807) is 11.1 Å². The summed E-state index contributed by atoms with van der Waals surface area (Å²) in [6.07, 6.45) is 40.4. The monoisotopic (exact) mass is 741 g/mol. The molecule has 1 heteroatoms. The van der Waals surface area contributed by atoms with Crippen molar-refractivity contribution in [2.75, 3.05) is 0 Å². The Morgan fingerprint density at radius 2 is 1.33 bits per heavy atom. The molecule has 0 amide bonds. The summed E-state index contributed by atoms with van der Waals surface area (Å²) in [6, 6.07) is 7.69. The average molecular weight is 741 g/mol. The van der Waals surface area contributed by atoms with E-state index in [-0.39, 0.29) is 16.9 Å². The van der Waals surface area contributed by atoms with Crippen molar-refractivity contribution in [3.63, 3.8) is 0 Å². The molecule has 0 radical (unpaired) electrons. The molecular formula is C53H88O. The molecule has 0 spiro atoms. The third-order valence-electron chi connectivity index (χ3n) is 18.1. The van der Waals surface area contributed by atoms with Gasteiger partial charge >= 0.3 is 0 Å². The first-order valence-electron chi connectivity index (χ1n) is 24.6. The predicted octanol–water partition coefficient (Wildman–Crippen LogP) is 15.8. The number of hydrogen-bond donors (Lipinski definition) is 1. The molecule has 7 atom stereocenters. The highest BCUT2D eigenvalue weighted by Crippen LogP contribution is 2.70. The Kier molecular flexibility index (Phi) is 15.1.